The van der Waals surface area contributed by atoms with Crippen LogP contribution in [0.15, 0.2) is 42.5 Å². The van der Waals surface area contributed by atoms with Gasteiger partial charge in [-0.15, -0.1) is 0 Å². The molecule has 2 N–H and O–H groups in total. The van der Waals surface area contributed by atoms with Gasteiger partial charge < -0.3 is 10.3 Å². The van der Waals surface area contributed by atoms with Gasteiger partial charge in [-0.2, -0.15) is 0 Å². The number of hydrogen-bond acceptors (Lipinski definition) is 2. The van der Waals surface area contributed by atoms with Gasteiger partial charge in [-0.3, -0.25) is 4.79 Å². The zero-order chi connectivity index (χ0) is 17.3. The molecule has 1 unspecified atom stereocenters. The zero-order valence-corrected chi connectivity index (χ0v) is 14.6. The smallest absolute Gasteiger partial charge is 0.252 e. The molecule has 0 aliphatic rings. The first-order chi connectivity index (χ1) is 11.5. The standard InChI is InChI=1S/C20H23N3O/c1-12(2)18(19-21-16-7-5-6-8-17(16)22-19)23-20(24)15-10-9-13(3)11-14(15)4/h5-12,18H,1-4H3,(H,21,22)(H,23,24). The molecule has 0 saturated carbocycles. The van der Waals surface area contributed by atoms with E-state index in [1.165, 1.54) is 0 Å². The van der Waals surface area contributed by atoms with Gasteiger partial charge in [0.15, 0.2) is 0 Å². The Bertz CT molecular complexity index is 846. The molecular weight excluding hydrogens is 298 g/mol. The summed E-state index contributed by atoms with van der Waals surface area (Å²) in [7, 11) is 0. The number of rotatable bonds is 4. The van der Waals surface area contributed by atoms with Crippen LogP contribution in [0.5, 0.6) is 0 Å². The second-order valence-corrected chi connectivity index (χ2v) is 6.65. The third-order valence-corrected chi connectivity index (χ3v) is 4.28. The number of hydrogen-bond donors (Lipinski definition) is 2. The predicted octanol–water partition coefficient (Wildman–Crippen LogP) is 4.31. The summed E-state index contributed by atoms with van der Waals surface area (Å²) in [5.41, 5.74) is 4.75. The fourth-order valence-corrected chi connectivity index (χ4v) is 2.96. The van der Waals surface area contributed by atoms with E-state index in [2.05, 4.69) is 29.1 Å². The van der Waals surface area contributed by atoms with Gasteiger partial charge >= 0.3 is 0 Å². The van der Waals surface area contributed by atoms with Gasteiger partial charge in [0.1, 0.15) is 5.82 Å². The molecule has 3 aromatic rings. The molecule has 3 rings (SSSR count). The van der Waals surface area contributed by atoms with Gasteiger partial charge in [-0.25, -0.2) is 4.98 Å². The minimum atomic E-state index is -0.161. The summed E-state index contributed by atoms with van der Waals surface area (Å²) in [6.07, 6.45) is 0. The van der Waals surface area contributed by atoms with Crippen molar-refractivity contribution in [2.24, 2.45) is 5.92 Å². The lowest BCUT2D eigenvalue weighted by Crippen LogP contribution is -2.33. The quantitative estimate of drug-likeness (QED) is 0.752. The highest BCUT2D eigenvalue weighted by Gasteiger charge is 2.23. The van der Waals surface area contributed by atoms with E-state index in [1.54, 1.807) is 0 Å². The summed E-state index contributed by atoms with van der Waals surface area (Å²) in [6, 6.07) is 13.6. The first-order valence-corrected chi connectivity index (χ1v) is 8.28. The number of H-pyrrole nitrogens is 1. The summed E-state index contributed by atoms with van der Waals surface area (Å²) in [5.74, 6) is 0.955. The van der Waals surface area contributed by atoms with Crippen molar-refractivity contribution in [2.75, 3.05) is 0 Å². The van der Waals surface area contributed by atoms with Crippen molar-refractivity contribution in [1.29, 1.82) is 0 Å². The third kappa shape index (κ3) is 3.18. The van der Waals surface area contributed by atoms with Crippen LogP contribution in [0.4, 0.5) is 0 Å². The second-order valence-electron chi connectivity index (χ2n) is 6.65. The summed E-state index contributed by atoms with van der Waals surface area (Å²) < 4.78 is 0. The van der Waals surface area contributed by atoms with Gasteiger partial charge in [0, 0.05) is 5.56 Å². The lowest BCUT2D eigenvalue weighted by atomic mass is 10.0. The topological polar surface area (TPSA) is 57.8 Å². The number of amides is 1. The Morgan fingerprint density at radius 2 is 1.88 bits per heavy atom. The van der Waals surface area contributed by atoms with Crippen LogP contribution in [-0.4, -0.2) is 15.9 Å². The predicted molar refractivity (Wildman–Crippen MR) is 97.1 cm³/mol. The Balaban J connectivity index is 1.90. The van der Waals surface area contributed by atoms with Crippen LogP contribution in [0.3, 0.4) is 0 Å². The Hall–Kier alpha value is -2.62. The molecule has 1 amide bonds. The fraction of sp³-hybridized carbons (Fsp3) is 0.300. The number of aryl methyl sites for hydroxylation is 2. The van der Waals surface area contributed by atoms with Gasteiger partial charge in [-0.1, -0.05) is 43.7 Å². The fourth-order valence-electron chi connectivity index (χ4n) is 2.96. The number of fused-ring (bicyclic) bond motifs is 1. The zero-order valence-electron chi connectivity index (χ0n) is 14.6. The van der Waals surface area contributed by atoms with Crippen LogP contribution in [0.1, 0.15) is 47.2 Å². The molecule has 4 nitrogen and oxygen atoms in total. The molecule has 4 heteroatoms. The van der Waals surface area contributed by atoms with Crippen LogP contribution in [-0.2, 0) is 0 Å². The molecule has 24 heavy (non-hydrogen) atoms. The lowest BCUT2D eigenvalue weighted by molar-refractivity contribution is 0.0922. The van der Waals surface area contributed by atoms with E-state index in [-0.39, 0.29) is 17.9 Å². The van der Waals surface area contributed by atoms with Gasteiger partial charge in [-0.05, 0) is 43.5 Å². The van der Waals surface area contributed by atoms with E-state index in [9.17, 15) is 4.79 Å². The van der Waals surface area contributed by atoms with Crippen LogP contribution in [0.2, 0.25) is 0 Å². The van der Waals surface area contributed by atoms with Crippen molar-refractivity contribution >= 4 is 16.9 Å². The van der Waals surface area contributed by atoms with E-state index in [4.69, 9.17) is 0 Å². The Labute approximate surface area is 142 Å². The van der Waals surface area contributed by atoms with E-state index < -0.39 is 0 Å². The number of aromatic nitrogens is 2. The molecule has 2 aromatic carbocycles. The third-order valence-electron chi connectivity index (χ3n) is 4.28. The van der Waals surface area contributed by atoms with E-state index in [1.807, 2.05) is 56.3 Å². The van der Waals surface area contributed by atoms with Gasteiger partial charge in [0.25, 0.3) is 5.91 Å². The van der Waals surface area contributed by atoms with E-state index in [0.29, 0.717) is 5.56 Å². The average molecular weight is 321 g/mol. The Morgan fingerprint density at radius 3 is 2.54 bits per heavy atom. The number of para-hydroxylation sites is 2. The maximum absolute atomic E-state index is 12.7. The first kappa shape index (κ1) is 16.2. The molecule has 0 fully saturated rings. The van der Waals surface area contributed by atoms with Crippen molar-refractivity contribution in [1.82, 2.24) is 15.3 Å². The van der Waals surface area contributed by atoms with Crippen LogP contribution in [0.25, 0.3) is 11.0 Å². The highest BCUT2D eigenvalue weighted by molar-refractivity contribution is 5.96. The van der Waals surface area contributed by atoms with Crippen molar-refractivity contribution in [3.05, 3.63) is 65.0 Å². The number of aromatic amines is 1. The number of benzene rings is 2. The minimum absolute atomic E-state index is 0.0633. The normalized spacial score (nSPS) is 12.5. The minimum Gasteiger partial charge on any atom is -0.342 e. The number of nitrogens with zero attached hydrogens (tertiary/aromatic N) is 1. The van der Waals surface area contributed by atoms with Gasteiger partial charge in [0.2, 0.25) is 0 Å². The van der Waals surface area contributed by atoms with Crippen molar-refractivity contribution in [3.8, 4) is 0 Å². The lowest BCUT2D eigenvalue weighted by Gasteiger charge is -2.21. The van der Waals surface area contributed by atoms with Crippen molar-refractivity contribution < 1.29 is 4.79 Å². The monoisotopic (exact) mass is 321 g/mol. The molecule has 0 bridgehead atoms. The Morgan fingerprint density at radius 1 is 1.12 bits per heavy atom. The summed E-state index contributed by atoms with van der Waals surface area (Å²) >= 11 is 0. The summed E-state index contributed by atoms with van der Waals surface area (Å²) in [5, 5.41) is 3.14. The maximum Gasteiger partial charge on any atom is 0.252 e. The molecule has 0 spiro atoms. The molecule has 1 heterocycles. The molecule has 1 atom stereocenters. The molecule has 0 aliphatic carbocycles. The first-order valence-electron chi connectivity index (χ1n) is 8.28. The molecule has 1 aromatic heterocycles. The molecule has 0 radical (unpaired) electrons. The molecular formula is C20H23N3O. The van der Waals surface area contributed by atoms with Crippen molar-refractivity contribution in [3.63, 3.8) is 0 Å². The molecule has 124 valence electrons. The average Bonchev–Trinajstić information content (AvgIpc) is 2.95. The SMILES string of the molecule is Cc1ccc(C(=O)NC(c2nc3ccccc3[nH]2)C(C)C)c(C)c1. The highest BCUT2D eigenvalue weighted by Crippen LogP contribution is 2.23. The van der Waals surface area contributed by atoms with E-state index in [0.717, 1.165) is 28.0 Å². The number of nitrogens with one attached hydrogen (secondary N) is 2. The maximum atomic E-state index is 12.7. The molecule has 0 aliphatic heterocycles. The van der Waals surface area contributed by atoms with Crippen LogP contribution < -0.4 is 5.32 Å². The number of carbonyl (C=O) groups is 1. The molecule has 0 saturated heterocycles. The summed E-state index contributed by atoms with van der Waals surface area (Å²) in [6.45, 7) is 8.16. The van der Waals surface area contributed by atoms with Crippen LogP contribution >= 0.6 is 0 Å². The number of carbonyl (C=O) groups excluding carboxylic acids is 1. The second kappa shape index (κ2) is 6.48. The van der Waals surface area contributed by atoms with E-state index >= 15 is 0 Å². The number of imidazole rings is 1. The van der Waals surface area contributed by atoms with Crippen molar-refractivity contribution in [2.45, 2.75) is 33.7 Å². The Kier molecular flexibility index (Phi) is 4.38. The highest BCUT2D eigenvalue weighted by atomic mass is 16.1. The van der Waals surface area contributed by atoms with Gasteiger partial charge in [0.05, 0.1) is 17.1 Å². The summed E-state index contributed by atoms with van der Waals surface area (Å²) in [4.78, 5) is 20.7. The van der Waals surface area contributed by atoms with Crippen LogP contribution in [0, 0.1) is 19.8 Å². The largest absolute Gasteiger partial charge is 0.342 e.